The number of para-hydroxylation sites is 1. The van der Waals surface area contributed by atoms with E-state index in [1.165, 1.54) is 37.5 Å². The van der Waals surface area contributed by atoms with Gasteiger partial charge in [-0.25, -0.2) is 4.79 Å². The first kappa shape index (κ1) is 22.8. The second kappa shape index (κ2) is 10.0. The Morgan fingerprint density at radius 1 is 1.03 bits per heavy atom. The Labute approximate surface area is 192 Å². The van der Waals surface area contributed by atoms with Crippen LogP contribution in [0.25, 0.3) is 28.0 Å². The van der Waals surface area contributed by atoms with E-state index < -0.39 is 25.1 Å². The molecule has 1 amide bonds. The topological polar surface area (TPSA) is 87.0 Å². The minimum atomic E-state index is -2.91. The number of furan rings is 1. The molecule has 1 N–H and O–H groups in total. The van der Waals surface area contributed by atoms with Crippen LogP contribution in [0.5, 0.6) is 11.5 Å². The number of nitrogens with one attached hydrogen (secondary N) is 1. The molecule has 0 aliphatic carbocycles. The predicted octanol–water partition coefficient (Wildman–Crippen LogP) is 5.39. The normalized spacial score (nSPS) is 11.3. The van der Waals surface area contributed by atoms with Crippen LogP contribution in [-0.2, 0) is 14.3 Å². The van der Waals surface area contributed by atoms with Gasteiger partial charge in [0.25, 0.3) is 5.91 Å². The lowest BCUT2D eigenvalue weighted by Crippen LogP contribution is -2.20. The fraction of sp³-hybridized carbons (Fsp3) is 0.120. The number of esters is 1. The number of carbonyl (C=O) groups excluding carboxylic acids is 2. The van der Waals surface area contributed by atoms with Gasteiger partial charge in [-0.05, 0) is 35.9 Å². The van der Waals surface area contributed by atoms with E-state index in [1.54, 1.807) is 12.1 Å². The van der Waals surface area contributed by atoms with Gasteiger partial charge in [0.1, 0.15) is 22.7 Å². The van der Waals surface area contributed by atoms with Crippen LogP contribution in [0.4, 0.5) is 14.5 Å². The lowest BCUT2D eigenvalue weighted by molar-refractivity contribution is -0.142. The Kier molecular flexibility index (Phi) is 6.72. The third-order valence-corrected chi connectivity index (χ3v) is 4.84. The Hall–Kier alpha value is -4.40. The van der Waals surface area contributed by atoms with Gasteiger partial charge in [-0.15, -0.1) is 0 Å². The molecule has 0 saturated heterocycles. The van der Waals surface area contributed by atoms with Gasteiger partial charge in [0.15, 0.2) is 6.61 Å². The highest BCUT2D eigenvalue weighted by Crippen LogP contribution is 2.36. The number of hydrogen-bond donors (Lipinski definition) is 1. The van der Waals surface area contributed by atoms with Crippen molar-refractivity contribution in [2.75, 3.05) is 19.0 Å². The zero-order valence-corrected chi connectivity index (χ0v) is 17.9. The van der Waals surface area contributed by atoms with Crippen molar-refractivity contribution < 1.29 is 37.0 Å². The molecule has 3 aromatic carbocycles. The molecule has 4 aromatic rings. The van der Waals surface area contributed by atoms with Crippen LogP contribution in [0.15, 0.2) is 71.2 Å². The van der Waals surface area contributed by atoms with E-state index in [2.05, 4.69) is 10.1 Å². The van der Waals surface area contributed by atoms with Gasteiger partial charge in [0.05, 0.1) is 12.8 Å². The van der Waals surface area contributed by atoms with Crippen molar-refractivity contribution in [1.82, 2.24) is 0 Å². The van der Waals surface area contributed by atoms with Crippen LogP contribution < -0.4 is 14.8 Å². The summed E-state index contributed by atoms with van der Waals surface area (Å²) in [5, 5.41) is 4.41. The largest absolute Gasteiger partial charge is 0.495 e. The average Bonchev–Trinajstić information content (AvgIpc) is 3.18. The van der Waals surface area contributed by atoms with E-state index in [0.29, 0.717) is 28.2 Å². The second-order valence-corrected chi connectivity index (χ2v) is 7.08. The maximum absolute atomic E-state index is 12.3. The second-order valence-electron chi connectivity index (χ2n) is 7.08. The highest BCUT2D eigenvalue weighted by atomic mass is 19.3. The number of alkyl halides is 2. The van der Waals surface area contributed by atoms with E-state index >= 15 is 0 Å². The van der Waals surface area contributed by atoms with E-state index in [4.69, 9.17) is 13.9 Å². The summed E-state index contributed by atoms with van der Waals surface area (Å²) in [6.07, 6.45) is 2.54. The van der Waals surface area contributed by atoms with E-state index in [9.17, 15) is 18.4 Å². The molecule has 0 aliphatic heterocycles. The molecular formula is C25H19F2NO6. The smallest absolute Gasteiger partial charge is 0.387 e. The Balaban J connectivity index is 1.36. The van der Waals surface area contributed by atoms with Crippen molar-refractivity contribution >= 4 is 45.6 Å². The Morgan fingerprint density at radius 2 is 1.79 bits per heavy atom. The molecule has 1 aromatic heterocycles. The lowest BCUT2D eigenvalue weighted by atomic mass is 10.1. The van der Waals surface area contributed by atoms with Crippen LogP contribution in [-0.4, -0.2) is 32.2 Å². The summed E-state index contributed by atoms with van der Waals surface area (Å²) in [4.78, 5) is 24.2. The molecule has 0 atom stereocenters. The summed E-state index contributed by atoms with van der Waals surface area (Å²) in [7, 11) is 1.48. The minimum Gasteiger partial charge on any atom is -0.495 e. The van der Waals surface area contributed by atoms with Crippen LogP contribution >= 0.6 is 0 Å². The Morgan fingerprint density at radius 3 is 2.53 bits per heavy atom. The number of benzene rings is 3. The summed E-state index contributed by atoms with van der Waals surface area (Å²) < 4.78 is 44.8. The third-order valence-electron chi connectivity index (χ3n) is 4.84. The molecule has 0 bridgehead atoms. The molecule has 0 spiro atoms. The molecule has 0 unspecified atom stereocenters. The van der Waals surface area contributed by atoms with Gasteiger partial charge < -0.3 is 23.9 Å². The molecule has 1 heterocycles. The highest BCUT2D eigenvalue weighted by Gasteiger charge is 2.15. The first-order valence-electron chi connectivity index (χ1n) is 10.1. The predicted molar refractivity (Wildman–Crippen MR) is 122 cm³/mol. The van der Waals surface area contributed by atoms with Gasteiger partial charge in [0, 0.05) is 22.9 Å². The zero-order chi connectivity index (χ0) is 24.1. The molecule has 0 aliphatic rings. The van der Waals surface area contributed by atoms with Gasteiger partial charge in [0.2, 0.25) is 0 Å². The number of rotatable bonds is 8. The quantitative estimate of drug-likeness (QED) is 0.276. The van der Waals surface area contributed by atoms with Crippen molar-refractivity contribution in [2.24, 2.45) is 0 Å². The molecule has 34 heavy (non-hydrogen) atoms. The number of carbonyl (C=O) groups is 2. The third kappa shape index (κ3) is 5.32. The van der Waals surface area contributed by atoms with E-state index in [-0.39, 0.29) is 5.75 Å². The summed E-state index contributed by atoms with van der Waals surface area (Å²) in [5.41, 5.74) is 2.21. The van der Waals surface area contributed by atoms with Crippen LogP contribution in [0.3, 0.4) is 0 Å². The average molecular weight is 467 g/mol. The lowest BCUT2D eigenvalue weighted by Gasteiger charge is -2.10. The number of anilines is 1. The van der Waals surface area contributed by atoms with Gasteiger partial charge >= 0.3 is 12.6 Å². The molecule has 7 nitrogen and oxygen atoms in total. The standard InChI is InChI=1S/C25H19F2NO6/c1-31-22-12-18-17-4-2-3-5-20(17)34-21(18)13-19(22)28-23(29)14-32-24(30)11-8-15-6-9-16(10-7-15)33-25(26)27/h2-13,25H,14H2,1H3,(H,28,29). The zero-order valence-electron chi connectivity index (χ0n) is 17.9. The number of fused-ring (bicyclic) bond motifs is 3. The van der Waals surface area contributed by atoms with Crippen molar-refractivity contribution in [1.29, 1.82) is 0 Å². The van der Waals surface area contributed by atoms with Crippen LogP contribution in [0.2, 0.25) is 0 Å². The monoisotopic (exact) mass is 467 g/mol. The maximum atomic E-state index is 12.3. The number of halogens is 2. The first-order valence-corrected chi connectivity index (χ1v) is 10.1. The number of hydrogen-bond acceptors (Lipinski definition) is 6. The molecule has 4 rings (SSSR count). The number of methoxy groups -OCH3 is 1. The van der Waals surface area contributed by atoms with Crippen molar-refractivity contribution in [3.63, 3.8) is 0 Å². The number of ether oxygens (including phenoxy) is 3. The highest BCUT2D eigenvalue weighted by molar-refractivity contribution is 6.08. The minimum absolute atomic E-state index is 0.00246. The van der Waals surface area contributed by atoms with Crippen molar-refractivity contribution in [3.05, 3.63) is 72.3 Å². The summed E-state index contributed by atoms with van der Waals surface area (Å²) in [5.74, 6) is -0.882. The molecule has 9 heteroatoms. The number of amides is 1. The van der Waals surface area contributed by atoms with Crippen molar-refractivity contribution in [3.8, 4) is 11.5 Å². The molecule has 0 saturated carbocycles. The fourth-order valence-electron chi connectivity index (χ4n) is 3.31. The molecule has 0 radical (unpaired) electrons. The van der Waals surface area contributed by atoms with Gasteiger partial charge in [-0.1, -0.05) is 30.3 Å². The Bertz CT molecular complexity index is 1360. The van der Waals surface area contributed by atoms with Crippen LogP contribution in [0, 0.1) is 0 Å². The maximum Gasteiger partial charge on any atom is 0.387 e. The van der Waals surface area contributed by atoms with Gasteiger partial charge in [-0.2, -0.15) is 8.78 Å². The summed E-state index contributed by atoms with van der Waals surface area (Å²) >= 11 is 0. The van der Waals surface area contributed by atoms with E-state index in [1.807, 2.05) is 24.3 Å². The van der Waals surface area contributed by atoms with Crippen molar-refractivity contribution in [2.45, 2.75) is 6.61 Å². The molecule has 174 valence electrons. The van der Waals surface area contributed by atoms with Gasteiger partial charge in [-0.3, -0.25) is 4.79 Å². The summed E-state index contributed by atoms with van der Waals surface area (Å²) in [6, 6.07) is 16.6. The fourth-order valence-corrected chi connectivity index (χ4v) is 3.31. The molecule has 0 fully saturated rings. The summed E-state index contributed by atoms with van der Waals surface area (Å²) in [6.45, 7) is -3.44. The van der Waals surface area contributed by atoms with E-state index in [0.717, 1.165) is 16.8 Å². The van der Waals surface area contributed by atoms with Crippen LogP contribution in [0.1, 0.15) is 5.56 Å². The molecular weight excluding hydrogens is 448 g/mol. The first-order chi connectivity index (χ1) is 16.4. The SMILES string of the molecule is COc1cc2c(cc1NC(=O)COC(=O)C=Cc1ccc(OC(F)F)cc1)oc1ccccc12.